The van der Waals surface area contributed by atoms with Crippen molar-refractivity contribution in [1.82, 2.24) is 9.78 Å². The van der Waals surface area contributed by atoms with E-state index in [0.717, 1.165) is 27.6 Å². The Balaban J connectivity index is 1.78. The van der Waals surface area contributed by atoms with E-state index in [1.807, 2.05) is 36.5 Å². The summed E-state index contributed by atoms with van der Waals surface area (Å²) in [6.45, 7) is 8.01. The molecule has 0 aliphatic rings. The summed E-state index contributed by atoms with van der Waals surface area (Å²) in [5.41, 5.74) is 2.03. The minimum absolute atomic E-state index is 0.0854. The van der Waals surface area contributed by atoms with Gasteiger partial charge in [-0.25, -0.2) is 4.68 Å². The van der Waals surface area contributed by atoms with Crippen molar-refractivity contribution in [3.63, 3.8) is 0 Å². The minimum Gasteiger partial charge on any atom is -0.360 e. The van der Waals surface area contributed by atoms with Gasteiger partial charge < -0.3 is 4.74 Å². The second-order valence-corrected chi connectivity index (χ2v) is 14.6. The highest BCUT2D eigenvalue weighted by atomic mass is 32.2. The van der Waals surface area contributed by atoms with E-state index in [1.54, 1.807) is 28.6 Å². The first-order valence-electron chi connectivity index (χ1n) is 9.22. The highest BCUT2D eigenvalue weighted by molar-refractivity contribution is 7.98. The quantitative estimate of drug-likeness (QED) is 0.151. The average molecular weight is 416 g/mol. The SMILES string of the molecule is C[Si](C)(C)CCOCn1cc2cc([N+](=O)[O-])cc(SCc3ccccc3)c2n1. The average Bonchev–Trinajstić information content (AvgIpc) is 3.06. The van der Waals surface area contributed by atoms with Crippen molar-refractivity contribution in [2.24, 2.45) is 0 Å². The van der Waals surface area contributed by atoms with Crippen LogP contribution in [0.1, 0.15) is 5.56 Å². The van der Waals surface area contributed by atoms with Crippen molar-refractivity contribution < 1.29 is 9.66 Å². The summed E-state index contributed by atoms with van der Waals surface area (Å²) in [6.07, 6.45) is 1.82. The molecule has 3 rings (SSSR count). The predicted molar refractivity (Wildman–Crippen MR) is 116 cm³/mol. The standard InChI is InChI=1S/C20H25N3O3SSi/c1-28(2,3)10-9-26-15-22-13-17-11-18(23(24)25)12-19(20(17)21-22)27-14-16-7-5-4-6-8-16/h4-8,11-13H,9-10,14-15H2,1-3H3. The van der Waals surface area contributed by atoms with E-state index in [-0.39, 0.29) is 10.6 Å². The fourth-order valence-electron chi connectivity index (χ4n) is 2.69. The number of hydrogen-bond acceptors (Lipinski definition) is 5. The zero-order valence-corrected chi connectivity index (χ0v) is 18.2. The van der Waals surface area contributed by atoms with E-state index in [0.29, 0.717) is 13.3 Å². The highest BCUT2D eigenvalue weighted by Gasteiger charge is 2.16. The molecule has 1 heterocycles. The molecular formula is C20H25N3O3SSi. The van der Waals surface area contributed by atoms with Crippen LogP contribution < -0.4 is 0 Å². The smallest absolute Gasteiger partial charge is 0.271 e. The third kappa shape index (κ3) is 5.67. The van der Waals surface area contributed by atoms with Crippen LogP contribution >= 0.6 is 11.8 Å². The number of ether oxygens (including phenoxy) is 1. The van der Waals surface area contributed by atoms with Crippen LogP contribution in [0, 0.1) is 10.1 Å². The Labute approximate surface area is 170 Å². The summed E-state index contributed by atoms with van der Waals surface area (Å²) < 4.78 is 7.49. The Morgan fingerprint density at radius 3 is 2.64 bits per heavy atom. The monoisotopic (exact) mass is 415 g/mol. The molecule has 3 aromatic rings. The number of non-ortho nitro benzene ring substituents is 1. The normalized spacial score (nSPS) is 11.8. The molecule has 0 aliphatic carbocycles. The Kier molecular flexibility index (Phi) is 6.53. The Bertz CT molecular complexity index is 954. The summed E-state index contributed by atoms with van der Waals surface area (Å²) in [5, 5.41) is 16.7. The third-order valence-electron chi connectivity index (χ3n) is 4.27. The van der Waals surface area contributed by atoms with Crippen LogP contribution in [0.4, 0.5) is 5.69 Å². The van der Waals surface area contributed by atoms with Gasteiger partial charge in [-0.3, -0.25) is 10.1 Å². The van der Waals surface area contributed by atoms with Crippen molar-refractivity contribution in [2.45, 2.75) is 43.1 Å². The lowest BCUT2D eigenvalue weighted by Gasteiger charge is -2.15. The van der Waals surface area contributed by atoms with Gasteiger partial charge in [0.05, 0.1) is 4.92 Å². The molecule has 0 amide bonds. The van der Waals surface area contributed by atoms with Crippen molar-refractivity contribution in [1.29, 1.82) is 0 Å². The van der Waals surface area contributed by atoms with E-state index < -0.39 is 8.07 Å². The summed E-state index contributed by atoms with van der Waals surface area (Å²) in [7, 11) is -1.13. The second-order valence-electron chi connectivity index (χ2n) is 7.93. The van der Waals surface area contributed by atoms with Crippen LogP contribution in [0.25, 0.3) is 10.9 Å². The minimum atomic E-state index is -1.13. The molecule has 8 heteroatoms. The zero-order valence-electron chi connectivity index (χ0n) is 16.4. The Hall–Kier alpha value is -2.16. The molecule has 6 nitrogen and oxygen atoms in total. The molecule has 0 atom stereocenters. The largest absolute Gasteiger partial charge is 0.360 e. The molecule has 0 unspecified atom stereocenters. The van der Waals surface area contributed by atoms with E-state index in [1.165, 1.54) is 5.56 Å². The molecule has 148 valence electrons. The first-order valence-corrected chi connectivity index (χ1v) is 13.9. The van der Waals surface area contributed by atoms with Gasteiger partial charge in [0, 0.05) is 49.0 Å². The van der Waals surface area contributed by atoms with Gasteiger partial charge in [-0.1, -0.05) is 50.0 Å². The molecule has 1 aromatic heterocycles. The molecule has 28 heavy (non-hydrogen) atoms. The summed E-state index contributed by atoms with van der Waals surface area (Å²) in [6, 6.07) is 14.3. The molecule has 2 aromatic carbocycles. The maximum atomic E-state index is 11.3. The lowest BCUT2D eigenvalue weighted by atomic mass is 10.2. The Morgan fingerprint density at radius 1 is 1.21 bits per heavy atom. The number of benzene rings is 2. The lowest BCUT2D eigenvalue weighted by molar-refractivity contribution is -0.384. The van der Waals surface area contributed by atoms with Crippen molar-refractivity contribution in [2.75, 3.05) is 6.61 Å². The van der Waals surface area contributed by atoms with Crippen LogP contribution in [-0.2, 0) is 17.2 Å². The first kappa shape index (κ1) is 20.6. The molecule has 0 saturated heterocycles. The number of hydrogen-bond donors (Lipinski definition) is 0. The molecule has 0 saturated carbocycles. The maximum absolute atomic E-state index is 11.3. The number of rotatable bonds is 9. The number of nitrogens with zero attached hydrogens (tertiary/aromatic N) is 3. The van der Waals surface area contributed by atoms with Gasteiger partial charge >= 0.3 is 0 Å². The van der Waals surface area contributed by atoms with Crippen LogP contribution in [0.2, 0.25) is 25.7 Å². The molecule has 0 aliphatic heterocycles. The first-order chi connectivity index (χ1) is 13.3. The number of aromatic nitrogens is 2. The van der Waals surface area contributed by atoms with Gasteiger partial charge in [-0.15, -0.1) is 11.8 Å². The number of nitro benzene ring substituents is 1. The van der Waals surface area contributed by atoms with E-state index in [9.17, 15) is 10.1 Å². The number of nitro groups is 1. The van der Waals surface area contributed by atoms with Gasteiger partial charge in [0.2, 0.25) is 0 Å². The fourth-order valence-corrected chi connectivity index (χ4v) is 4.46. The van der Waals surface area contributed by atoms with E-state index >= 15 is 0 Å². The van der Waals surface area contributed by atoms with Crippen molar-refractivity contribution >= 4 is 36.4 Å². The third-order valence-corrected chi connectivity index (χ3v) is 7.08. The molecular weight excluding hydrogens is 390 g/mol. The topological polar surface area (TPSA) is 70.2 Å². The van der Waals surface area contributed by atoms with Crippen LogP contribution in [0.15, 0.2) is 53.6 Å². The van der Waals surface area contributed by atoms with Crippen LogP contribution in [-0.4, -0.2) is 29.4 Å². The van der Waals surface area contributed by atoms with Crippen LogP contribution in [0.3, 0.4) is 0 Å². The van der Waals surface area contributed by atoms with Gasteiger partial charge in [0.15, 0.2) is 0 Å². The fraction of sp³-hybridized carbons (Fsp3) is 0.350. The number of thioether (sulfide) groups is 1. The van der Waals surface area contributed by atoms with Crippen molar-refractivity contribution in [3.8, 4) is 0 Å². The summed E-state index contributed by atoms with van der Waals surface area (Å²) in [5.74, 6) is 0.733. The van der Waals surface area contributed by atoms with Crippen LogP contribution in [0.5, 0.6) is 0 Å². The predicted octanol–water partition coefficient (Wildman–Crippen LogP) is 5.55. The van der Waals surface area contributed by atoms with E-state index in [2.05, 4.69) is 24.7 Å². The highest BCUT2D eigenvalue weighted by Crippen LogP contribution is 2.33. The molecule has 0 spiro atoms. The summed E-state index contributed by atoms with van der Waals surface area (Å²) in [4.78, 5) is 11.8. The molecule has 0 bridgehead atoms. The van der Waals surface area contributed by atoms with Crippen molar-refractivity contribution in [3.05, 3.63) is 64.3 Å². The lowest BCUT2D eigenvalue weighted by Crippen LogP contribution is -2.22. The van der Waals surface area contributed by atoms with Gasteiger partial charge in [0.25, 0.3) is 5.69 Å². The molecule has 0 fully saturated rings. The Morgan fingerprint density at radius 2 is 1.96 bits per heavy atom. The van der Waals surface area contributed by atoms with Gasteiger partial charge in [-0.05, 0) is 11.6 Å². The van der Waals surface area contributed by atoms with Gasteiger partial charge in [-0.2, -0.15) is 5.10 Å². The maximum Gasteiger partial charge on any atom is 0.271 e. The van der Waals surface area contributed by atoms with Gasteiger partial charge in [0.1, 0.15) is 12.2 Å². The molecule has 0 N–H and O–H groups in total. The number of fused-ring (bicyclic) bond motifs is 1. The summed E-state index contributed by atoms with van der Waals surface area (Å²) >= 11 is 1.56. The zero-order chi connectivity index (χ0) is 20.1. The van der Waals surface area contributed by atoms with E-state index in [4.69, 9.17) is 4.74 Å². The second kappa shape index (κ2) is 8.89. The molecule has 0 radical (unpaired) electrons.